The molecule has 1 unspecified atom stereocenters. The summed E-state index contributed by atoms with van der Waals surface area (Å²) in [6.07, 6.45) is 0. The molecule has 2 rings (SSSR count). The highest BCUT2D eigenvalue weighted by Crippen LogP contribution is 2.26. The number of benzene rings is 2. The van der Waals surface area contributed by atoms with E-state index in [0.717, 1.165) is 10.0 Å². The van der Waals surface area contributed by atoms with Crippen molar-refractivity contribution >= 4 is 33.2 Å². The Morgan fingerprint density at radius 1 is 1.27 bits per heavy atom. The van der Waals surface area contributed by atoms with Gasteiger partial charge in [0.2, 0.25) is 0 Å². The molecule has 138 valence electrons. The van der Waals surface area contributed by atoms with Gasteiger partial charge >= 0.3 is 0 Å². The van der Waals surface area contributed by atoms with Gasteiger partial charge in [-0.25, -0.2) is 0 Å². The summed E-state index contributed by atoms with van der Waals surface area (Å²) in [6.45, 7) is 2.71. The van der Waals surface area contributed by atoms with Crippen molar-refractivity contribution in [1.29, 1.82) is 0 Å². The zero-order chi connectivity index (χ0) is 19.1. The molecule has 0 aliphatic heterocycles. The summed E-state index contributed by atoms with van der Waals surface area (Å²) >= 11 is 3.37. The third-order valence-electron chi connectivity index (χ3n) is 3.80. The number of nitro groups is 1. The summed E-state index contributed by atoms with van der Waals surface area (Å²) in [5.74, 6) is -0.369. The van der Waals surface area contributed by atoms with E-state index in [-0.39, 0.29) is 23.2 Å². The van der Waals surface area contributed by atoms with E-state index >= 15 is 0 Å². The highest BCUT2D eigenvalue weighted by Gasteiger charge is 2.18. The van der Waals surface area contributed by atoms with E-state index in [1.165, 1.54) is 12.1 Å². The number of carbonyl (C=O) groups excluding carboxylic acids is 1. The molecule has 8 heteroatoms. The van der Waals surface area contributed by atoms with Gasteiger partial charge in [-0.15, -0.1) is 0 Å². The normalized spacial score (nSPS) is 11.7. The summed E-state index contributed by atoms with van der Waals surface area (Å²) in [5, 5.41) is 17.1. The fourth-order valence-corrected chi connectivity index (χ4v) is 2.64. The van der Waals surface area contributed by atoms with Gasteiger partial charge in [0.1, 0.15) is 5.69 Å². The molecule has 0 saturated carbocycles. The highest BCUT2D eigenvalue weighted by atomic mass is 79.9. The molecule has 0 heterocycles. The third kappa shape index (κ3) is 5.27. The molecule has 0 aliphatic carbocycles. The number of nitrogens with one attached hydrogen (secondary N) is 2. The van der Waals surface area contributed by atoms with E-state index in [1.807, 2.05) is 31.2 Å². The van der Waals surface area contributed by atoms with Crippen molar-refractivity contribution in [3.63, 3.8) is 0 Å². The monoisotopic (exact) mass is 421 g/mol. The number of carbonyl (C=O) groups is 1. The van der Waals surface area contributed by atoms with Crippen LogP contribution in [-0.4, -0.2) is 31.1 Å². The lowest BCUT2D eigenvalue weighted by Gasteiger charge is -2.15. The van der Waals surface area contributed by atoms with Crippen molar-refractivity contribution < 1.29 is 14.5 Å². The van der Waals surface area contributed by atoms with E-state index in [4.69, 9.17) is 4.74 Å². The number of nitro benzene ring substituents is 1. The average molecular weight is 422 g/mol. The quantitative estimate of drug-likeness (QED) is 0.382. The number of rotatable bonds is 8. The maximum atomic E-state index is 12.5. The number of nitrogens with zero attached hydrogens (tertiary/aromatic N) is 1. The van der Waals surface area contributed by atoms with Crippen molar-refractivity contribution in [2.24, 2.45) is 0 Å². The molecule has 2 aromatic rings. The summed E-state index contributed by atoms with van der Waals surface area (Å²) < 4.78 is 5.87. The van der Waals surface area contributed by atoms with Crippen LogP contribution in [0.25, 0.3) is 0 Å². The molecule has 7 nitrogen and oxygen atoms in total. The van der Waals surface area contributed by atoms with Gasteiger partial charge in [0.05, 0.1) is 17.6 Å². The molecule has 1 atom stereocenters. The second-order valence-electron chi connectivity index (χ2n) is 5.66. The van der Waals surface area contributed by atoms with Gasteiger partial charge < -0.3 is 15.4 Å². The number of hydrogen-bond acceptors (Lipinski definition) is 5. The van der Waals surface area contributed by atoms with E-state index in [1.54, 1.807) is 13.2 Å². The molecule has 0 aliphatic rings. The summed E-state index contributed by atoms with van der Waals surface area (Å²) in [5.41, 5.74) is 1.38. The maximum Gasteiger partial charge on any atom is 0.293 e. The lowest BCUT2D eigenvalue weighted by atomic mass is 10.1. The third-order valence-corrected chi connectivity index (χ3v) is 4.32. The molecular weight excluding hydrogens is 402 g/mol. The van der Waals surface area contributed by atoms with Crippen LogP contribution in [0.3, 0.4) is 0 Å². The molecule has 2 aromatic carbocycles. The molecular formula is C18H20BrN3O4. The largest absolute Gasteiger partial charge is 0.383 e. The number of halogens is 1. The predicted molar refractivity (Wildman–Crippen MR) is 103 cm³/mol. The Hall–Kier alpha value is -2.45. The minimum absolute atomic E-state index is 0.148. The molecule has 1 amide bonds. The van der Waals surface area contributed by atoms with E-state index in [2.05, 4.69) is 26.6 Å². The van der Waals surface area contributed by atoms with Crippen LogP contribution in [0, 0.1) is 10.1 Å². The first kappa shape index (κ1) is 19.9. The van der Waals surface area contributed by atoms with Gasteiger partial charge in [-0.05, 0) is 36.8 Å². The number of amides is 1. The van der Waals surface area contributed by atoms with Gasteiger partial charge in [0, 0.05) is 29.8 Å². The Labute approximate surface area is 160 Å². The first-order chi connectivity index (χ1) is 12.4. The summed E-state index contributed by atoms with van der Waals surface area (Å²) in [4.78, 5) is 23.3. The summed E-state index contributed by atoms with van der Waals surface area (Å²) in [7, 11) is 1.55. The van der Waals surface area contributed by atoms with E-state index in [9.17, 15) is 14.9 Å². The van der Waals surface area contributed by atoms with Crippen molar-refractivity contribution in [2.45, 2.75) is 13.0 Å². The Bertz CT molecular complexity index is 781. The standard InChI is InChI=1S/C18H20BrN3O4/c1-12(13-3-6-15(19)7-4-13)21-18(23)14-5-8-16(20-9-10-26-2)17(11-14)22(24)25/h3-8,11-12,20H,9-10H2,1-2H3,(H,21,23). The SMILES string of the molecule is COCCNc1ccc(C(=O)NC(C)c2ccc(Br)cc2)cc1[N+](=O)[O-]. The molecule has 0 radical (unpaired) electrons. The number of hydrogen-bond donors (Lipinski definition) is 2. The van der Waals surface area contributed by atoms with Crippen molar-refractivity contribution in [2.75, 3.05) is 25.6 Å². The second kappa shape index (κ2) is 9.30. The Morgan fingerprint density at radius 2 is 1.96 bits per heavy atom. The topological polar surface area (TPSA) is 93.5 Å². The van der Waals surface area contributed by atoms with Gasteiger partial charge in [0.25, 0.3) is 11.6 Å². The molecule has 0 fully saturated rings. The Balaban J connectivity index is 2.13. The minimum Gasteiger partial charge on any atom is -0.383 e. The van der Waals surface area contributed by atoms with Crippen molar-refractivity contribution in [3.05, 3.63) is 68.2 Å². The van der Waals surface area contributed by atoms with E-state index < -0.39 is 4.92 Å². The molecule has 2 N–H and O–H groups in total. The van der Waals surface area contributed by atoms with Crippen LogP contribution < -0.4 is 10.6 Å². The zero-order valence-electron chi connectivity index (χ0n) is 14.5. The number of ether oxygens (including phenoxy) is 1. The first-order valence-electron chi connectivity index (χ1n) is 8.00. The van der Waals surface area contributed by atoms with Crippen LogP contribution in [0.5, 0.6) is 0 Å². The first-order valence-corrected chi connectivity index (χ1v) is 8.79. The van der Waals surface area contributed by atoms with Crippen LogP contribution in [0.1, 0.15) is 28.9 Å². The lowest BCUT2D eigenvalue weighted by Crippen LogP contribution is -2.26. The molecule has 0 spiro atoms. The fraction of sp³-hybridized carbons (Fsp3) is 0.278. The van der Waals surface area contributed by atoms with Crippen molar-refractivity contribution in [1.82, 2.24) is 5.32 Å². The van der Waals surface area contributed by atoms with Crippen molar-refractivity contribution in [3.8, 4) is 0 Å². The zero-order valence-corrected chi connectivity index (χ0v) is 16.1. The van der Waals surface area contributed by atoms with Crippen LogP contribution in [0.2, 0.25) is 0 Å². The molecule has 0 aromatic heterocycles. The molecule has 0 saturated heterocycles. The highest BCUT2D eigenvalue weighted by molar-refractivity contribution is 9.10. The van der Waals surface area contributed by atoms with E-state index in [0.29, 0.717) is 18.8 Å². The van der Waals surface area contributed by atoms with Crippen LogP contribution in [0.4, 0.5) is 11.4 Å². The summed E-state index contributed by atoms with van der Waals surface area (Å²) in [6, 6.07) is 11.7. The van der Waals surface area contributed by atoms with Gasteiger partial charge in [-0.2, -0.15) is 0 Å². The van der Waals surface area contributed by atoms with Gasteiger partial charge in [0.15, 0.2) is 0 Å². The van der Waals surface area contributed by atoms with Crippen LogP contribution >= 0.6 is 15.9 Å². The van der Waals surface area contributed by atoms with Gasteiger partial charge in [-0.1, -0.05) is 28.1 Å². The average Bonchev–Trinajstić information content (AvgIpc) is 2.62. The van der Waals surface area contributed by atoms with Crippen LogP contribution in [-0.2, 0) is 4.74 Å². The maximum absolute atomic E-state index is 12.5. The van der Waals surface area contributed by atoms with Gasteiger partial charge in [-0.3, -0.25) is 14.9 Å². The smallest absolute Gasteiger partial charge is 0.293 e. The molecule has 0 bridgehead atoms. The number of methoxy groups -OCH3 is 1. The molecule has 26 heavy (non-hydrogen) atoms. The lowest BCUT2D eigenvalue weighted by molar-refractivity contribution is -0.384. The fourth-order valence-electron chi connectivity index (χ4n) is 2.38. The predicted octanol–water partition coefficient (Wildman–Crippen LogP) is 3.91. The Kier molecular flexibility index (Phi) is 7.11. The number of anilines is 1. The minimum atomic E-state index is -0.510. The second-order valence-corrected chi connectivity index (χ2v) is 6.57. The van der Waals surface area contributed by atoms with Crippen LogP contribution in [0.15, 0.2) is 46.9 Å². The Morgan fingerprint density at radius 3 is 2.58 bits per heavy atom.